The molecule has 0 bridgehead atoms. The van der Waals surface area contributed by atoms with Crippen LogP contribution in [-0.4, -0.2) is 30.6 Å². The lowest BCUT2D eigenvalue weighted by Gasteiger charge is -2.41. The predicted molar refractivity (Wildman–Crippen MR) is 93.6 cm³/mol. The normalized spacial score (nSPS) is 14.9. The third-order valence-corrected chi connectivity index (χ3v) is 4.46. The summed E-state index contributed by atoms with van der Waals surface area (Å²) < 4.78 is 0. The van der Waals surface area contributed by atoms with Crippen LogP contribution >= 0.6 is 0 Å². The first kappa shape index (κ1) is 18.2. The van der Waals surface area contributed by atoms with Crippen molar-refractivity contribution in [1.82, 2.24) is 10.2 Å². The molecular weight excluding hydrogens is 256 g/mol. The molecule has 2 nitrogen and oxygen atoms in total. The van der Waals surface area contributed by atoms with E-state index in [-0.39, 0.29) is 0 Å². The maximum absolute atomic E-state index is 3.53. The van der Waals surface area contributed by atoms with E-state index in [1.807, 2.05) is 0 Å². The van der Waals surface area contributed by atoms with Gasteiger partial charge in [0.2, 0.25) is 0 Å². The molecule has 1 rings (SSSR count). The van der Waals surface area contributed by atoms with Crippen LogP contribution in [0.3, 0.4) is 0 Å². The first-order chi connectivity index (χ1) is 10.0. The summed E-state index contributed by atoms with van der Waals surface area (Å²) in [5.41, 5.74) is 1.38. The van der Waals surface area contributed by atoms with E-state index in [0.29, 0.717) is 24.0 Å². The number of hydrogen-bond acceptors (Lipinski definition) is 2. The summed E-state index contributed by atoms with van der Waals surface area (Å²) in [4.78, 5) is 2.71. The molecule has 2 unspecified atom stereocenters. The van der Waals surface area contributed by atoms with Crippen LogP contribution in [0.15, 0.2) is 30.3 Å². The molecule has 0 aromatic heterocycles. The van der Waals surface area contributed by atoms with Gasteiger partial charge >= 0.3 is 0 Å². The number of benzene rings is 1. The van der Waals surface area contributed by atoms with Crippen molar-refractivity contribution < 1.29 is 0 Å². The highest BCUT2D eigenvalue weighted by molar-refractivity contribution is 5.20. The van der Waals surface area contributed by atoms with E-state index in [1.165, 1.54) is 24.9 Å². The molecule has 2 heteroatoms. The monoisotopic (exact) mass is 290 g/mol. The van der Waals surface area contributed by atoms with Gasteiger partial charge in [0.25, 0.3) is 0 Å². The first-order valence-electron chi connectivity index (χ1n) is 8.53. The molecule has 0 aliphatic carbocycles. The van der Waals surface area contributed by atoms with Gasteiger partial charge in [0.15, 0.2) is 0 Å². The Morgan fingerprint density at radius 3 is 2.00 bits per heavy atom. The Hall–Kier alpha value is -0.860. The van der Waals surface area contributed by atoms with Gasteiger partial charge in [-0.25, -0.2) is 0 Å². The fourth-order valence-electron chi connectivity index (χ4n) is 3.37. The van der Waals surface area contributed by atoms with Crippen molar-refractivity contribution in [2.45, 2.75) is 65.6 Å². The standard InChI is InChI=1S/C19H34N2/c1-7-18(8-2)21(14-15(3)4)16(5)19(20-6)17-12-10-9-11-13-17/h9-13,15-16,18-20H,7-8,14H2,1-6H3. The van der Waals surface area contributed by atoms with Crippen LogP contribution in [-0.2, 0) is 0 Å². The average Bonchev–Trinajstić information content (AvgIpc) is 2.48. The SMILES string of the molecule is CCC(CC)N(CC(C)C)C(C)C(NC)c1ccccc1. The van der Waals surface area contributed by atoms with Gasteiger partial charge in [-0.05, 0) is 38.3 Å². The zero-order chi connectivity index (χ0) is 15.8. The molecule has 0 saturated carbocycles. The Balaban J connectivity index is 2.98. The Morgan fingerprint density at radius 2 is 1.57 bits per heavy atom. The molecule has 0 aliphatic rings. The van der Waals surface area contributed by atoms with Crippen LogP contribution in [0.1, 0.15) is 59.1 Å². The van der Waals surface area contributed by atoms with Crippen molar-refractivity contribution in [3.63, 3.8) is 0 Å². The molecule has 0 spiro atoms. The van der Waals surface area contributed by atoms with Crippen molar-refractivity contribution in [2.24, 2.45) is 5.92 Å². The van der Waals surface area contributed by atoms with Crippen LogP contribution in [0.5, 0.6) is 0 Å². The molecule has 1 N–H and O–H groups in total. The average molecular weight is 290 g/mol. The highest BCUT2D eigenvalue weighted by Gasteiger charge is 2.28. The number of nitrogens with zero attached hydrogens (tertiary/aromatic N) is 1. The van der Waals surface area contributed by atoms with Crippen LogP contribution in [0.2, 0.25) is 0 Å². The van der Waals surface area contributed by atoms with Crippen LogP contribution < -0.4 is 5.32 Å². The Kier molecular flexibility index (Phi) is 7.98. The van der Waals surface area contributed by atoms with Gasteiger partial charge in [0, 0.05) is 24.7 Å². The van der Waals surface area contributed by atoms with Crippen LogP contribution in [0.4, 0.5) is 0 Å². The van der Waals surface area contributed by atoms with Gasteiger partial charge in [-0.1, -0.05) is 58.0 Å². The first-order valence-corrected chi connectivity index (χ1v) is 8.53. The summed E-state index contributed by atoms with van der Waals surface area (Å²) >= 11 is 0. The number of likely N-dealkylation sites (N-methyl/N-ethyl adjacent to an activating group) is 1. The van der Waals surface area contributed by atoms with Gasteiger partial charge in [-0.2, -0.15) is 0 Å². The summed E-state index contributed by atoms with van der Waals surface area (Å²) in [5, 5.41) is 3.53. The van der Waals surface area contributed by atoms with Crippen LogP contribution in [0, 0.1) is 5.92 Å². The molecule has 21 heavy (non-hydrogen) atoms. The molecule has 120 valence electrons. The number of rotatable bonds is 9. The van der Waals surface area contributed by atoms with E-state index in [2.05, 4.69) is 82.2 Å². The van der Waals surface area contributed by atoms with Crippen molar-refractivity contribution >= 4 is 0 Å². The van der Waals surface area contributed by atoms with Gasteiger partial charge in [0.05, 0.1) is 0 Å². The highest BCUT2D eigenvalue weighted by atomic mass is 15.2. The smallest absolute Gasteiger partial charge is 0.0473 e. The molecule has 0 amide bonds. The maximum Gasteiger partial charge on any atom is 0.0473 e. The Bertz CT molecular complexity index is 370. The van der Waals surface area contributed by atoms with Crippen molar-refractivity contribution in [2.75, 3.05) is 13.6 Å². The van der Waals surface area contributed by atoms with E-state index in [4.69, 9.17) is 0 Å². The molecule has 2 atom stereocenters. The van der Waals surface area contributed by atoms with Crippen molar-refractivity contribution in [1.29, 1.82) is 0 Å². The fourth-order valence-corrected chi connectivity index (χ4v) is 3.37. The lowest BCUT2D eigenvalue weighted by molar-refractivity contribution is 0.0953. The molecule has 1 aromatic carbocycles. The van der Waals surface area contributed by atoms with Gasteiger partial charge in [-0.15, -0.1) is 0 Å². The minimum absolute atomic E-state index is 0.380. The second-order valence-corrected chi connectivity index (χ2v) is 6.48. The van der Waals surface area contributed by atoms with Gasteiger partial charge in [-0.3, -0.25) is 4.90 Å². The molecule has 1 aromatic rings. The zero-order valence-corrected chi connectivity index (χ0v) is 14.8. The lowest BCUT2D eigenvalue weighted by Crippen LogP contribution is -2.48. The second kappa shape index (κ2) is 9.22. The van der Waals surface area contributed by atoms with Gasteiger partial charge in [0.1, 0.15) is 0 Å². The summed E-state index contributed by atoms with van der Waals surface area (Å²) in [7, 11) is 2.08. The van der Waals surface area contributed by atoms with Crippen molar-refractivity contribution in [3.8, 4) is 0 Å². The van der Waals surface area contributed by atoms with E-state index in [0.717, 1.165) is 0 Å². The summed E-state index contributed by atoms with van der Waals surface area (Å²) in [6.45, 7) is 12.8. The molecule has 0 fully saturated rings. The topological polar surface area (TPSA) is 15.3 Å². The molecule has 0 aliphatic heterocycles. The van der Waals surface area contributed by atoms with E-state index < -0.39 is 0 Å². The molecular formula is C19H34N2. The quantitative estimate of drug-likeness (QED) is 0.721. The summed E-state index contributed by atoms with van der Waals surface area (Å²) in [5.74, 6) is 0.696. The number of nitrogens with one attached hydrogen (secondary N) is 1. The minimum Gasteiger partial charge on any atom is -0.312 e. The predicted octanol–water partition coefficient (Wildman–Crippen LogP) is 4.48. The number of hydrogen-bond donors (Lipinski definition) is 1. The zero-order valence-electron chi connectivity index (χ0n) is 14.8. The largest absolute Gasteiger partial charge is 0.312 e. The lowest BCUT2D eigenvalue weighted by atomic mass is 9.95. The summed E-state index contributed by atoms with van der Waals surface area (Å²) in [6.07, 6.45) is 2.44. The molecule has 0 saturated heterocycles. The second-order valence-electron chi connectivity index (χ2n) is 6.48. The van der Waals surface area contributed by atoms with Gasteiger partial charge < -0.3 is 5.32 Å². The molecule has 0 heterocycles. The van der Waals surface area contributed by atoms with E-state index in [9.17, 15) is 0 Å². The van der Waals surface area contributed by atoms with Crippen molar-refractivity contribution in [3.05, 3.63) is 35.9 Å². The highest BCUT2D eigenvalue weighted by Crippen LogP contribution is 2.25. The maximum atomic E-state index is 3.53. The van der Waals surface area contributed by atoms with E-state index in [1.54, 1.807) is 0 Å². The fraction of sp³-hybridized carbons (Fsp3) is 0.684. The van der Waals surface area contributed by atoms with Crippen LogP contribution in [0.25, 0.3) is 0 Å². The Morgan fingerprint density at radius 1 is 1.00 bits per heavy atom. The molecule has 0 radical (unpaired) electrons. The summed E-state index contributed by atoms with van der Waals surface area (Å²) in [6, 6.07) is 12.4. The third-order valence-electron chi connectivity index (χ3n) is 4.46. The Labute approximate surface area is 131 Å². The minimum atomic E-state index is 0.380. The van der Waals surface area contributed by atoms with E-state index >= 15 is 0 Å². The third kappa shape index (κ3) is 5.12.